The van der Waals surface area contributed by atoms with Gasteiger partial charge in [0.1, 0.15) is 0 Å². The number of rotatable bonds is 7. The van der Waals surface area contributed by atoms with Gasteiger partial charge in [0.05, 0.1) is 10.6 Å². The van der Waals surface area contributed by atoms with E-state index < -0.39 is 10.0 Å². The van der Waals surface area contributed by atoms with Crippen LogP contribution in [0.2, 0.25) is 0 Å². The van der Waals surface area contributed by atoms with Gasteiger partial charge in [-0.05, 0) is 54.1 Å². The van der Waals surface area contributed by atoms with Crippen molar-refractivity contribution in [2.75, 3.05) is 25.4 Å². The number of para-hydroxylation sites is 1. The van der Waals surface area contributed by atoms with Crippen LogP contribution < -0.4 is 9.62 Å². The summed E-state index contributed by atoms with van der Waals surface area (Å²) in [6, 6.07) is 21.7. The quantitative estimate of drug-likeness (QED) is 0.598. The number of carbonyl (C=O) groups is 2. The van der Waals surface area contributed by atoms with Crippen molar-refractivity contribution in [3.8, 4) is 0 Å². The highest BCUT2D eigenvalue weighted by molar-refractivity contribution is 7.92. The molecule has 0 aliphatic rings. The molecule has 32 heavy (non-hydrogen) atoms. The summed E-state index contributed by atoms with van der Waals surface area (Å²) in [5.74, 6) is -0.408. The topological polar surface area (TPSA) is 86.8 Å². The van der Waals surface area contributed by atoms with E-state index in [0.717, 1.165) is 5.56 Å². The first-order chi connectivity index (χ1) is 15.2. The molecular formula is C24H25N3O4S. The van der Waals surface area contributed by atoms with Gasteiger partial charge >= 0.3 is 0 Å². The highest BCUT2D eigenvalue weighted by atomic mass is 32.2. The van der Waals surface area contributed by atoms with E-state index in [1.54, 1.807) is 62.6 Å². The maximum absolute atomic E-state index is 12.9. The van der Waals surface area contributed by atoms with E-state index in [9.17, 15) is 18.0 Å². The number of nitrogens with zero attached hydrogens (tertiary/aromatic N) is 2. The Hall–Kier alpha value is -3.65. The molecule has 2 amide bonds. The van der Waals surface area contributed by atoms with E-state index in [0.29, 0.717) is 23.4 Å². The molecule has 0 bridgehead atoms. The summed E-state index contributed by atoms with van der Waals surface area (Å²) < 4.78 is 27.0. The number of hydrogen-bond donors (Lipinski definition) is 1. The summed E-state index contributed by atoms with van der Waals surface area (Å²) in [5.41, 5.74) is 2.35. The third-order valence-electron chi connectivity index (χ3n) is 5.09. The van der Waals surface area contributed by atoms with Gasteiger partial charge in [0.25, 0.3) is 21.8 Å². The molecule has 0 fully saturated rings. The van der Waals surface area contributed by atoms with Gasteiger partial charge in [0.15, 0.2) is 0 Å². The summed E-state index contributed by atoms with van der Waals surface area (Å²) in [6.45, 7) is 0.351. The molecule has 166 valence electrons. The number of nitrogens with one attached hydrogen (secondary N) is 1. The zero-order valence-electron chi connectivity index (χ0n) is 18.1. The summed E-state index contributed by atoms with van der Waals surface area (Å²) in [5, 5.41) is 2.56. The summed E-state index contributed by atoms with van der Waals surface area (Å²) in [6.07, 6.45) is 0. The molecule has 0 heterocycles. The van der Waals surface area contributed by atoms with Crippen LogP contribution in [0.4, 0.5) is 5.69 Å². The minimum absolute atomic E-state index is 0.104. The standard InChI is InChI=1S/C24H25N3O4S/c1-25-23(28)19-11-9-18(10-12-19)17-26(2)24(29)20-13-15-22(16-14-20)32(30,31)27(3)21-7-5-4-6-8-21/h4-16H,17H2,1-3H3,(H,25,28). The van der Waals surface area contributed by atoms with Crippen molar-refractivity contribution in [2.45, 2.75) is 11.4 Å². The Kier molecular flexibility index (Phi) is 6.95. The first kappa shape index (κ1) is 23.0. The van der Waals surface area contributed by atoms with Crippen LogP contribution in [-0.4, -0.2) is 46.3 Å². The lowest BCUT2D eigenvalue weighted by Gasteiger charge is -2.20. The van der Waals surface area contributed by atoms with Crippen molar-refractivity contribution >= 4 is 27.5 Å². The van der Waals surface area contributed by atoms with Gasteiger partial charge in [0, 0.05) is 38.8 Å². The molecule has 0 aliphatic carbocycles. The van der Waals surface area contributed by atoms with Gasteiger partial charge in [-0.25, -0.2) is 8.42 Å². The predicted octanol–water partition coefficient (Wildman–Crippen LogP) is 3.14. The lowest BCUT2D eigenvalue weighted by Crippen LogP contribution is -2.27. The Morgan fingerprint density at radius 2 is 1.38 bits per heavy atom. The van der Waals surface area contributed by atoms with Crippen molar-refractivity contribution < 1.29 is 18.0 Å². The molecule has 3 rings (SSSR count). The van der Waals surface area contributed by atoms with Crippen LogP contribution in [0.3, 0.4) is 0 Å². The van der Waals surface area contributed by atoms with Crippen molar-refractivity contribution in [3.05, 3.63) is 95.6 Å². The van der Waals surface area contributed by atoms with Gasteiger partial charge < -0.3 is 10.2 Å². The van der Waals surface area contributed by atoms with Crippen LogP contribution in [0, 0.1) is 0 Å². The molecule has 0 spiro atoms. The number of benzene rings is 3. The van der Waals surface area contributed by atoms with Gasteiger partial charge in [0.2, 0.25) is 0 Å². The monoisotopic (exact) mass is 451 g/mol. The van der Waals surface area contributed by atoms with E-state index in [4.69, 9.17) is 0 Å². The molecule has 0 unspecified atom stereocenters. The number of carbonyl (C=O) groups excluding carboxylic acids is 2. The molecule has 3 aromatic carbocycles. The fraction of sp³-hybridized carbons (Fsp3) is 0.167. The normalized spacial score (nSPS) is 11.0. The molecule has 8 heteroatoms. The second-order valence-electron chi connectivity index (χ2n) is 7.27. The van der Waals surface area contributed by atoms with Gasteiger partial charge in [-0.2, -0.15) is 0 Å². The third kappa shape index (κ3) is 4.97. The molecule has 0 saturated carbocycles. The summed E-state index contributed by atoms with van der Waals surface area (Å²) in [4.78, 5) is 26.1. The minimum Gasteiger partial charge on any atom is -0.355 e. The summed E-state index contributed by atoms with van der Waals surface area (Å²) >= 11 is 0. The Labute approximate surface area is 188 Å². The zero-order valence-corrected chi connectivity index (χ0v) is 19.0. The molecule has 0 saturated heterocycles. The Morgan fingerprint density at radius 3 is 1.94 bits per heavy atom. The first-order valence-electron chi connectivity index (χ1n) is 9.94. The van der Waals surface area contributed by atoms with Crippen LogP contribution in [0.1, 0.15) is 26.3 Å². The third-order valence-corrected chi connectivity index (χ3v) is 6.89. The zero-order chi connectivity index (χ0) is 23.3. The molecule has 3 aromatic rings. The Morgan fingerprint density at radius 1 is 0.812 bits per heavy atom. The highest BCUT2D eigenvalue weighted by Crippen LogP contribution is 2.22. The minimum atomic E-state index is -3.74. The van der Waals surface area contributed by atoms with E-state index in [2.05, 4.69) is 5.32 Å². The van der Waals surface area contributed by atoms with Gasteiger partial charge in [-0.15, -0.1) is 0 Å². The smallest absolute Gasteiger partial charge is 0.264 e. The lowest BCUT2D eigenvalue weighted by atomic mass is 10.1. The van der Waals surface area contributed by atoms with Gasteiger partial charge in [-0.3, -0.25) is 13.9 Å². The fourth-order valence-corrected chi connectivity index (χ4v) is 4.37. The largest absolute Gasteiger partial charge is 0.355 e. The van der Waals surface area contributed by atoms with Crippen molar-refractivity contribution in [2.24, 2.45) is 0 Å². The molecule has 0 aromatic heterocycles. The Balaban J connectivity index is 1.71. The summed E-state index contributed by atoms with van der Waals surface area (Å²) in [7, 11) is 0.990. The van der Waals surface area contributed by atoms with Crippen molar-refractivity contribution in [3.63, 3.8) is 0 Å². The van der Waals surface area contributed by atoms with Crippen LogP contribution in [-0.2, 0) is 16.6 Å². The molecule has 0 radical (unpaired) electrons. The van der Waals surface area contributed by atoms with Crippen LogP contribution >= 0.6 is 0 Å². The maximum Gasteiger partial charge on any atom is 0.264 e. The molecule has 7 nitrogen and oxygen atoms in total. The SMILES string of the molecule is CNC(=O)c1ccc(CN(C)C(=O)c2ccc(S(=O)(=O)N(C)c3ccccc3)cc2)cc1. The lowest BCUT2D eigenvalue weighted by molar-refractivity contribution is 0.0784. The van der Waals surface area contributed by atoms with Gasteiger partial charge in [-0.1, -0.05) is 30.3 Å². The molecule has 0 atom stereocenters. The number of anilines is 1. The second kappa shape index (κ2) is 9.65. The molecular weight excluding hydrogens is 426 g/mol. The maximum atomic E-state index is 12.9. The first-order valence-corrected chi connectivity index (χ1v) is 11.4. The van der Waals surface area contributed by atoms with E-state index in [-0.39, 0.29) is 16.7 Å². The van der Waals surface area contributed by atoms with E-state index in [1.807, 2.05) is 6.07 Å². The number of hydrogen-bond acceptors (Lipinski definition) is 4. The van der Waals surface area contributed by atoms with E-state index >= 15 is 0 Å². The second-order valence-corrected chi connectivity index (χ2v) is 9.24. The van der Waals surface area contributed by atoms with Crippen LogP contribution in [0.25, 0.3) is 0 Å². The Bertz CT molecular complexity index is 1190. The number of amides is 2. The fourth-order valence-electron chi connectivity index (χ4n) is 3.18. The van der Waals surface area contributed by atoms with Crippen LogP contribution in [0.15, 0.2) is 83.8 Å². The van der Waals surface area contributed by atoms with Crippen molar-refractivity contribution in [1.82, 2.24) is 10.2 Å². The van der Waals surface area contributed by atoms with Crippen molar-refractivity contribution in [1.29, 1.82) is 0 Å². The average molecular weight is 452 g/mol. The highest BCUT2D eigenvalue weighted by Gasteiger charge is 2.22. The predicted molar refractivity (Wildman–Crippen MR) is 124 cm³/mol. The average Bonchev–Trinajstić information content (AvgIpc) is 2.83. The molecule has 0 aliphatic heterocycles. The van der Waals surface area contributed by atoms with Crippen LogP contribution in [0.5, 0.6) is 0 Å². The van der Waals surface area contributed by atoms with E-state index in [1.165, 1.54) is 40.5 Å². The number of sulfonamides is 1. The molecule has 1 N–H and O–H groups in total.